The zero-order valence-electron chi connectivity index (χ0n) is 17.1. The van der Waals surface area contributed by atoms with Crippen molar-refractivity contribution in [2.75, 3.05) is 5.32 Å². The van der Waals surface area contributed by atoms with Gasteiger partial charge in [-0.2, -0.15) is 0 Å². The highest BCUT2D eigenvalue weighted by molar-refractivity contribution is 6.62. The number of nitrogens with one attached hydrogen (secondary N) is 1. The number of anilines is 1. The molecule has 0 unspecified atom stereocenters. The lowest BCUT2D eigenvalue weighted by molar-refractivity contribution is -0.116. The molecule has 0 spiro atoms. The second-order valence-corrected chi connectivity index (χ2v) is 9.08. The van der Waals surface area contributed by atoms with Gasteiger partial charge in [-0.1, -0.05) is 42.5 Å². The fourth-order valence-electron chi connectivity index (χ4n) is 3.73. The predicted octanol–water partition coefficient (Wildman–Crippen LogP) is 4.05. The maximum Gasteiger partial charge on any atom is 0.494 e. The van der Waals surface area contributed by atoms with Crippen LogP contribution in [0.25, 0.3) is 0 Å². The summed E-state index contributed by atoms with van der Waals surface area (Å²) in [6, 6.07) is 18.1. The summed E-state index contributed by atoms with van der Waals surface area (Å²) in [5, 5.41) is 3.04. The van der Waals surface area contributed by atoms with Crippen LogP contribution in [-0.4, -0.2) is 24.2 Å². The standard InChI is InChI=1S/C23H28BNO3/c1-21(2)22(3,4)28-24(27-21)18-10-12-19(13-11-18)25-20(26)16-23(14-15-23)17-8-6-5-7-9-17/h5-13H,14-16H2,1-4H3,(H,25,26). The van der Waals surface area contributed by atoms with E-state index in [1.807, 2.05) is 70.2 Å². The summed E-state index contributed by atoms with van der Waals surface area (Å²) in [5.41, 5.74) is 2.32. The molecule has 28 heavy (non-hydrogen) atoms. The third kappa shape index (κ3) is 3.61. The molecule has 4 rings (SSSR count). The van der Waals surface area contributed by atoms with E-state index in [0.717, 1.165) is 24.0 Å². The van der Waals surface area contributed by atoms with Crippen molar-refractivity contribution in [2.45, 2.75) is 63.6 Å². The second-order valence-electron chi connectivity index (χ2n) is 9.08. The van der Waals surface area contributed by atoms with Crippen molar-refractivity contribution in [3.05, 3.63) is 60.2 Å². The molecule has 1 heterocycles. The third-order valence-corrected chi connectivity index (χ3v) is 6.46. The summed E-state index contributed by atoms with van der Waals surface area (Å²) in [6.45, 7) is 8.17. The maximum absolute atomic E-state index is 12.6. The molecule has 2 aromatic carbocycles. The van der Waals surface area contributed by atoms with Gasteiger partial charge < -0.3 is 14.6 Å². The lowest BCUT2D eigenvalue weighted by Crippen LogP contribution is -2.41. The van der Waals surface area contributed by atoms with Crippen LogP contribution in [0.2, 0.25) is 0 Å². The Kier molecular flexibility index (Phi) is 4.63. The van der Waals surface area contributed by atoms with Crippen LogP contribution in [0, 0.1) is 0 Å². The van der Waals surface area contributed by atoms with E-state index in [9.17, 15) is 4.79 Å². The van der Waals surface area contributed by atoms with Crippen molar-refractivity contribution in [1.29, 1.82) is 0 Å². The largest absolute Gasteiger partial charge is 0.494 e. The number of benzene rings is 2. The van der Waals surface area contributed by atoms with Gasteiger partial charge in [0.2, 0.25) is 5.91 Å². The van der Waals surface area contributed by atoms with E-state index in [1.54, 1.807) is 0 Å². The topological polar surface area (TPSA) is 47.6 Å². The summed E-state index contributed by atoms with van der Waals surface area (Å²) in [6.07, 6.45) is 2.67. The molecule has 5 heteroatoms. The summed E-state index contributed by atoms with van der Waals surface area (Å²) >= 11 is 0. The number of amides is 1. The average Bonchev–Trinajstić information content (AvgIpc) is 3.38. The fraction of sp³-hybridized carbons (Fsp3) is 0.435. The molecule has 146 valence electrons. The molecule has 2 fully saturated rings. The lowest BCUT2D eigenvalue weighted by Gasteiger charge is -2.32. The quantitative estimate of drug-likeness (QED) is 0.800. The number of carbonyl (C=O) groups is 1. The Morgan fingerprint density at radius 3 is 2.04 bits per heavy atom. The van der Waals surface area contributed by atoms with Crippen LogP contribution in [0.4, 0.5) is 5.69 Å². The zero-order valence-corrected chi connectivity index (χ0v) is 17.1. The van der Waals surface area contributed by atoms with Crippen molar-refractivity contribution in [3.63, 3.8) is 0 Å². The minimum absolute atomic E-state index is 0.0218. The van der Waals surface area contributed by atoms with Gasteiger partial charge >= 0.3 is 7.12 Å². The minimum atomic E-state index is -0.387. The summed E-state index contributed by atoms with van der Waals surface area (Å²) in [4.78, 5) is 12.6. The average molecular weight is 377 g/mol. The fourth-order valence-corrected chi connectivity index (χ4v) is 3.73. The van der Waals surface area contributed by atoms with Gasteiger partial charge in [0.25, 0.3) is 0 Å². The van der Waals surface area contributed by atoms with E-state index in [2.05, 4.69) is 17.4 Å². The van der Waals surface area contributed by atoms with Crippen molar-refractivity contribution >= 4 is 24.2 Å². The summed E-state index contributed by atoms with van der Waals surface area (Å²) in [7, 11) is -0.387. The smallest absolute Gasteiger partial charge is 0.399 e. The molecule has 2 aliphatic rings. The second kappa shape index (κ2) is 6.75. The monoisotopic (exact) mass is 377 g/mol. The Morgan fingerprint density at radius 1 is 0.929 bits per heavy atom. The number of hydrogen-bond acceptors (Lipinski definition) is 3. The van der Waals surface area contributed by atoms with E-state index in [-0.39, 0.29) is 29.6 Å². The highest BCUT2D eigenvalue weighted by atomic mass is 16.7. The zero-order chi connectivity index (χ0) is 20.0. The van der Waals surface area contributed by atoms with Gasteiger partial charge in [0, 0.05) is 17.5 Å². The molecule has 0 atom stereocenters. The Bertz CT molecular complexity index is 841. The van der Waals surface area contributed by atoms with Gasteiger partial charge in [-0.15, -0.1) is 0 Å². The first-order valence-corrected chi connectivity index (χ1v) is 10.0. The molecule has 1 N–H and O–H groups in total. The Balaban J connectivity index is 1.38. The van der Waals surface area contributed by atoms with E-state index in [4.69, 9.17) is 9.31 Å². The van der Waals surface area contributed by atoms with Crippen molar-refractivity contribution in [3.8, 4) is 0 Å². The van der Waals surface area contributed by atoms with Crippen LogP contribution in [0.5, 0.6) is 0 Å². The molecule has 2 aromatic rings. The van der Waals surface area contributed by atoms with E-state index < -0.39 is 0 Å². The van der Waals surface area contributed by atoms with Gasteiger partial charge in [0.1, 0.15) is 0 Å². The highest BCUT2D eigenvalue weighted by Gasteiger charge is 2.51. The molecule has 4 nitrogen and oxygen atoms in total. The lowest BCUT2D eigenvalue weighted by atomic mass is 9.79. The molecule has 1 amide bonds. The molecule has 1 aliphatic heterocycles. The van der Waals surface area contributed by atoms with Crippen LogP contribution < -0.4 is 10.8 Å². The number of rotatable bonds is 5. The van der Waals surface area contributed by atoms with Crippen molar-refractivity contribution < 1.29 is 14.1 Å². The van der Waals surface area contributed by atoms with E-state index in [1.165, 1.54) is 5.56 Å². The summed E-state index contributed by atoms with van der Waals surface area (Å²) < 4.78 is 12.2. The Hall–Kier alpha value is -2.11. The molecule has 0 bridgehead atoms. The Labute approximate surface area is 167 Å². The van der Waals surface area contributed by atoms with Crippen molar-refractivity contribution in [1.82, 2.24) is 0 Å². The van der Waals surface area contributed by atoms with Gasteiger partial charge in [-0.3, -0.25) is 4.79 Å². The van der Waals surface area contributed by atoms with Gasteiger partial charge in [-0.25, -0.2) is 0 Å². The number of hydrogen-bond donors (Lipinski definition) is 1. The maximum atomic E-state index is 12.6. The number of carbonyl (C=O) groups excluding carboxylic acids is 1. The molecule has 0 radical (unpaired) electrons. The first kappa shape index (κ1) is 19.2. The van der Waals surface area contributed by atoms with E-state index >= 15 is 0 Å². The van der Waals surface area contributed by atoms with Gasteiger partial charge in [0.15, 0.2) is 0 Å². The van der Waals surface area contributed by atoms with E-state index in [0.29, 0.717) is 6.42 Å². The molecular weight excluding hydrogens is 349 g/mol. The van der Waals surface area contributed by atoms with Crippen LogP contribution >= 0.6 is 0 Å². The Morgan fingerprint density at radius 2 is 1.50 bits per heavy atom. The highest BCUT2D eigenvalue weighted by Crippen LogP contribution is 2.51. The molecule has 1 aliphatic carbocycles. The predicted molar refractivity (Wildman–Crippen MR) is 113 cm³/mol. The normalized spacial score (nSPS) is 21.4. The molecule has 1 saturated heterocycles. The minimum Gasteiger partial charge on any atom is -0.399 e. The van der Waals surface area contributed by atoms with Crippen LogP contribution in [0.15, 0.2) is 54.6 Å². The van der Waals surface area contributed by atoms with Crippen molar-refractivity contribution in [2.24, 2.45) is 0 Å². The molecule has 0 aromatic heterocycles. The van der Waals surface area contributed by atoms with Gasteiger partial charge in [-0.05, 0) is 63.7 Å². The first-order chi connectivity index (χ1) is 13.2. The SMILES string of the molecule is CC1(C)OB(c2ccc(NC(=O)CC3(c4ccccc4)CC3)cc2)OC1(C)C. The van der Waals surface area contributed by atoms with Gasteiger partial charge in [0.05, 0.1) is 11.2 Å². The first-order valence-electron chi connectivity index (χ1n) is 10.0. The third-order valence-electron chi connectivity index (χ3n) is 6.46. The molecule has 1 saturated carbocycles. The van der Waals surface area contributed by atoms with Crippen LogP contribution in [0.1, 0.15) is 52.5 Å². The molecular formula is C23H28BNO3. The summed E-state index contributed by atoms with van der Waals surface area (Å²) in [5.74, 6) is 0.0599. The van der Waals surface area contributed by atoms with Crippen LogP contribution in [0.3, 0.4) is 0 Å². The van der Waals surface area contributed by atoms with Crippen LogP contribution in [-0.2, 0) is 19.5 Å².